The van der Waals surface area contributed by atoms with Crippen LogP contribution in [0.3, 0.4) is 0 Å². The first-order valence-electron chi connectivity index (χ1n) is 7.20. The highest BCUT2D eigenvalue weighted by atomic mass is 16.5. The number of benzene rings is 1. The molecule has 1 heterocycles. The van der Waals surface area contributed by atoms with Crippen LogP contribution in [-0.4, -0.2) is 17.1 Å². The number of ether oxygens (including phenoxy) is 1. The molecule has 1 aliphatic rings. The molecule has 0 atom stereocenters. The van der Waals surface area contributed by atoms with Gasteiger partial charge in [-0.25, -0.2) is 4.99 Å². The van der Waals surface area contributed by atoms with Crippen molar-refractivity contribution in [3.8, 4) is 5.75 Å². The van der Waals surface area contributed by atoms with E-state index in [1.165, 1.54) is 5.56 Å². The number of rotatable bonds is 4. The maximum Gasteiger partial charge on any atom is 0.194 e. The van der Waals surface area contributed by atoms with E-state index < -0.39 is 0 Å². The average molecular weight is 285 g/mol. The van der Waals surface area contributed by atoms with E-state index in [0.717, 1.165) is 30.6 Å². The summed E-state index contributed by atoms with van der Waals surface area (Å²) in [6, 6.07) is 7.97. The van der Waals surface area contributed by atoms with Crippen molar-refractivity contribution in [3.05, 3.63) is 41.6 Å². The number of hydrogen-bond acceptors (Lipinski definition) is 4. The summed E-state index contributed by atoms with van der Waals surface area (Å²) in [7, 11) is 0. The highest BCUT2D eigenvalue weighted by Gasteiger charge is 2.13. The van der Waals surface area contributed by atoms with Crippen molar-refractivity contribution in [3.63, 3.8) is 0 Å². The van der Waals surface area contributed by atoms with Gasteiger partial charge < -0.3 is 15.9 Å². The van der Waals surface area contributed by atoms with Crippen LogP contribution in [0, 0.1) is 5.41 Å². The van der Waals surface area contributed by atoms with Crippen LogP contribution in [0.2, 0.25) is 0 Å². The second kappa shape index (κ2) is 6.22. The molecular weight excluding hydrogens is 262 g/mol. The predicted octanol–water partition coefficient (Wildman–Crippen LogP) is 3.46. The number of nitrogens with two attached hydrogens (primary N) is 1. The maximum atomic E-state index is 7.58. The van der Waals surface area contributed by atoms with Crippen molar-refractivity contribution >= 4 is 11.6 Å². The molecule has 4 heteroatoms. The summed E-state index contributed by atoms with van der Waals surface area (Å²) in [5.74, 6) is 1.49. The van der Waals surface area contributed by atoms with Gasteiger partial charge in [-0.05, 0) is 56.9 Å². The molecule has 21 heavy (non-hydrogen) atoms. The topological polar surface area (TPSA) is 71.5 Å². The Kier molecular flexibility index (Phi) is 4.58. The molecule has 0 aliphatic carbocycles. The lowest BCUT2D eigenvalue weighted by Gasteiger charge is -2.18. The summed E-state index contributed by atoms with van der Waals surface area (Å²) in [5.41, 5.74) is 8.56. The van der Waals surface area contributed by atoms with Gasteiger partial charge in [-0.1, -0.05) is 12.1 Å². The largest absolute Gasteiger partial charge is 0.443 e. The van der Waals surface area contributed by atoms with Gasteiger partial charge >= 0.3 is 0 Å². The molecule has 0 amide bonds. The van der Waals surface area contributed by atoms with Gasteiger partial charge in [-0.2, -0.15) is 0 Å². The minimum Gasteiger partial charge on any atom is -0.443 e. The number of nitrogens with zero attached hydrogens (tertiary/aromatic N) is 1. The van der Waals surface area contributed by atoms with E-state index in [1.54, 1.807) is 13.1 Å². The normalized spacial score (nSPS) is 15.2. The molecule has 112 valence electrons. The Labute approximate surface area is 126 Å². The summed E-state index contributed by atoms with van der Waals surface area (Å²) < 4.78 is 5.77. The van der Waals surface area contributed by atoms with Crippen molar-refractivity contribution in [1.82, 2.24) is 0 Å². The highest BCUT2D eigenvalue weighted by Crippen LogP contribution is 2.19. The minimum absolute atomic E-state index is 0.207. The van der Waals surface area contributed by atoms with Crippen LogP contribution in [0.15, 0.2) is 41.0 Å². The van der Waals surface area contributed by atoms with Crippen molar-refractivity contribution in [2.45, 2.75) is 45.6 Å². The molecular formula is C17H23N3O. The zero-order valence-corrected chi connectivity index (χ0v) is 12.9. The first-order chi connectivity index (χ1) is 9.83. The Hall–Kier alpha value is -1.94. The zero-order valence-electron chi connectivity index (χ0n) is 12.9. The van der Waals surface area contributed by atoms with Gasteiger partial charge in [0.1, 0.15) is 5.75 Å². The molecule has 0 fully saturated rings. The summed E-state index contributed by atoms with van der Waals surface area (Å²) in [6.07, 6.45) is 4.11. The molecule has 0 radical (unpaired) electrons. The van der Waals surface area contributed by atoms with Crippen LogP contribution in [0.4, 0.5) is 0 Å². The van der Waals surface area contributed by atoms with Crippen molar-refractivity contribution < 1.29 is 4.74 Å². The smallest absolute Gasteiger partial charge is 0.194 e. The van der Waals surface area contributed by atoms with Crippen LogP contribution < -0.4 is 10.5 Å². The standard InChI is InChI=1S/C17H23N3O/c1-12(18)14-6-9-16(20-11-14)21-15-7-4-13(5-8-15)10-17(2,3)19/h4-5,7-8,11,18H,6,9-10,19H2,1-3H3. The lowest BCUT2D eigenvalue weighted by molar-refractivity contribution is 0.513. The van der Waals surface area contributed by atoms with Crippen LogP contribution in [0.1, 0.15) is 39.2 Å². The van der Waals surface area contributed by atoms with Crippen LogP contribution in [0.25, 0.3) is 0 Å². The summed E-state index contributed by atoms with van der Waals surface area (Å²) in [5, 5.41) is 7.58. The SMILES string of the molecule is CC(=N)C1=CN=C(Oc2ccc(CC(C)(C)N)cc2)CC1. The van der Waals surface area contributed by atoms with E-state index >= 15 is 0 Å². The molecule has 4 nitrogen and oxygen atoms in total. The van der Waals surface area contributed by atoms with Gasteiger partial charge in [-0.3, -0.25) is 0 Å². The summed E-state index contributed by atoms with van der Waals surface area (Å²) in [6.45, 7) is 5.82. The predicted molar refractivity (Wildman–Crippen MR) is 87.2 cm³/mol. The first-order valence-corrected chi connectivity index (χ1v) is 7.20. The van der Waals surface area contributed by atoms with Gasteiger partial charge in [0.2, 0.25) is 0 Å². The van der Waals surface area contributed by atoms with E-state index in [2.05, 4.69) is 4.99 Å². The zero-order chi connectivity index (χ0) is 15.5. The minimum atomic E-state index is -0.207. The molecule has 1 aromatic rings. The monoisotopic (exact) mass is 285 g/mol. The third-order valence-corrected chi connectivity index (χ3v) is 3.27. The van der Waals surface area contributed by atoms with Crippen LogP contribution >= 0.6 is 0 Å². The maximum absolute atomic E-state index is 7.58. The number of hydrogen-bond donors (Lipinski definition) is 2. The molecule has 0 aromatic heterocycles. The van der Waals surface area contributed by atoms with E-state index in [4.69, 9.17) is 15.9 Å². The Balaban J connectivity index is 2.00. The third kappa shape index (κ3) is 4.83. The van der Waals surface area contributed by atoms with Gasteiger partial charge in [0.25, 0.3) is 0 Å². The highest BCUT2D eigenvalue weighted by molar-refractivity contribution is 5.97. The Bertz CT molecular complexity index is 577. The fourth-order valence-corrected chi connectivity index (χ4v) is 2.22. The number of nitrogens with one attached hydrogen (secondary N) is 1. The van der Waals surface area contributed by atoms with E-state index in [9.17, 15) is 0 Å². The van der Waals surface area contributed by atoms with E-state index in [1.807, 2.05) is 38.1 Å². The summed E-state index contributed by atoms with van der Waals surface area (Å²) in [4.78, 5) is 4.28. The number of aliphatic imine (C=N–C) groups is 1. The van der Waals surface area contributed by atoms with Gasteiger partial charge in [-0.15, -0.1) is 0 Å². The molecule has 0 spiro atoms. The second-order valence-electron chi connectivity index (χ2n) is 6.21. The van der Waals surface area contributed by atoms with Crippen LogP contribution in [-0.2, 0) is 6.42 Å². The van der Waals surface area contributed by atoms with Crippen molar-refractivity contribution in [1.29, 1.82) is 5.41 Å². The van der Waals surface area contributed by atoms with Crippen LogP contribution in [0.5, 0.6) is 5.75 Å². The number of allylic oxidation sites excluding steroid dienone is 1. The first kappa shape index (κ1) is 15.4. The summed E-state index contributed by atoms with van der Waals surface area (Å²) >= 11 is 0. The molecule has 1 aromatic carbocycles. The van der Waals surface area contributed by atoms with Crippen molar-refractivity contribution in [2.24, 2.45) is 10.7 Å². The lowest BCUT2D eigenvalue weighted by Crippen LogP contribution is -2.34. The Morgan fingerprint density at radius 3 is 2.43 bits per heavy atom. The Morgan fingerprint density at radius 1 is 1.29 bits per heavy atom. The average Bonchev–Trinajstić information content (AvgIpc) is 2.40. The van der Waals surface area contributed by atoms with Gasteiger partial charge in [0, 0.05) is 23.9 Å². The van der Waals surface area contributed by atoms with E-state index in [0.29, 0.717) is 11.6 Å². The quantitative estimate of drug-likeness (QED) is 0.832. The molecule has 0 bridgehead atoms. The molecule has 2 rings (SSSR count). The third-order valence-electron chi connectivity index (χ3n) is 3.27. The van der Waals surface area contributed by atoms with Gasteiger partial charge in [0.05, 0.1) is 0 Å². The molecule has 1 aliphatic heterocycles. The lowest BCUT2D eigenvalue weighted by atomic mass is 9.96. The Morgan fingerprint density at radius 2 is 1.95 bits per heavy atom. The fourth-order valence-electron chi connectivity index (χ4n) is 2.22. The van der Waals surface area contributed by atoms with Crippen molar-refractivity contribution in [2.75, 3.05) is 0 Å². The second-order valence-corrected chi connectivity index (χ2v) is 6.21. The molecule has 3 N–H and O–H groups in total. The molecule has 0 unspecified atom stereocenters. The van der Waals surface area contributed by atoms with E-state index in [-0.39, 0.29) is 5.54 Å². The molecule has 0 saturated heterocycles. The fraction of sp³-hybridized carbons (Fsp3) is 0.412. The molecule has 0 saturated carbocycles. The van der Waals surface area contributed by atoms with Gasteiger partial charge in [0.15, 0.2) is 5.90 Å².